The molecule has 0 bridgehead atoms. The van der Waals surface area contributed by atoms with Gasteiger partial charge in [-0.05, 0) is 61.0 Å². The lowest BCUT2D eigenvalue weighted by molar-refractivity contribution is 0.0601. The number of carbonyl (C=O) groups excluding carboxylic acids is 2. The third-order valence-electron chi connectivity index (χ3n) is 4.23. The molecule has 160 valence electrons. The number of methoxy groups -OCH3 is 1. The van der Waals surface area contributed by atoms with Gasteiger partial charge in [0.15, 0.2) is 0 Å². The van der Waals surface area contributed by atoms with Gasteiger partial charge in [0, 0.05) is 11.1 Å². The molecule has 0 atom stereocenters. The van der Waals surface area contributed by atoms with E-state index in [9.17, 15) is 9.59 Å². The molecule has 1 aromatic heterocycles. The summed E-state index contributed by atoms with van der Waals surface area (Å²) in [4.78, 5) is 24.0. The van der Waals surface area contributed by atoms with Crippen molar-refractivity contribution in [2.75, 3.05) is 13.7 Å². The van der Waals surface area contributed by atoms with Crippen molar-refractivity contribution in [3.8, 4) is 17.1 Å². The molecule has 0 saturated heterocycles. The Morgan fingerprint density at radius 2 is 1.90 bits per heavy atom. The number of hydrogen-bond acceptors (Lipinski definition) is 6. The Balaban J connectivity index is 1.63. The van der Waals surface area contributed by atoms with E-state index in [-0.39, 0.29) is 16.5 Å². The first kappa shape index (κ1) is 22.1. The Labute approximate surface area is 184 Å². The second-order valence-corrected chi connectivity index (χ2v) is 6.87. The molecule has 1 heterocycles. The number of ether oxygens (including phenoxy) is 2. The zero-order valence-electron chi connectivity index (χ0n) is 17.1. The van der Waals surface area contributed by atoms with Crippen LogP contribution in [0.2, 0.25) is 5.02 Å². The van der Waals surface area contributed by atoms with E-state index in [2.05, 4.69) is 10.5 Å². The maximum absolute atomic E-state index is 12.2. The highest BCUT2D eigenvalue weighted by atomic mass is 35.5. The van der Waals surface area contributed by atoms with Crippen molar-refractivity contribution in [2.45, 2.75) is 13.3 Å². The van der Waals surface area contributed by atoms with E-state index in [0.717, 1.165) is 6.42 Å². The second-order valence-electron chi connectivity index (χ2n) is 6.46. The summed E-state index contributed by atoms with van der Waals surface area (Å²) >= 11 is 6.04. The van der Waals surface area contributed by atoms with Crippen LogP contribution in [0.5, 0.6) is 5.75 Å². The average Bonchev–Trinajstić information content (AvgIpc) is 3.26. The van der Waals surface area contributed by atoms with Crippen LogP contribution in [0.3, 0.4) is 0 Å². The summed E-state index contributed by atoms with van der Waals surface area (Å²) in [6.07, 6.45) is 2.30. The molecule has 0 radical (unpaired) electrons. The number of hydrogen-bond donors (Lipinski definition) is 1. The van der Waals surface area contributed by atoms with Crippen LogP contribution in [-0.4, -0.2) is 31.8 Å². The summed E-state index contributed by atoms with van der Waals surface area (Å²) in [5.41, 5.74) is 3.80. The Kier molecular flexibility index (Phi) is 7.45. The Bertz CT molecular complexity index is 1090. The molecular weight excluding hydrogens is 420 g/mol. The van der Waals surface area contributed by atoms with Crippen LogP contribution in [0.15, 0.2) is 64.1 Å². The smallest absolute Gasteiger partial charge is 0.339 e. The molecule has 7 nitrogen and oxygen atoms in total. The number of nitrogens with zero attached hydrogens (tertiary/aromatic N) is 1. The predicted octanol–water partition coefficient (Wildman–Crippen LogP) is 4.94. The second kappa shape index (κ2) is 10.4. The third-order valence-corrected chi connectivity index (χ3v) is 4.56. The number of esters is 1. The van der Waals surface area contributed by atoms with Gasteiger partial charge in [-0.1, -0.05) is 18.5 Å². The first-order valence-corrected chi connectivity index (χ1v) is 9.94. The summed E-state index contributed by atoms with van der Waals surface area (Å²) in [5.74, 6) is 0.756. The molecule has 1 amide bonds. The van der Waals surface area contributed by atoms with Gasteiger partial charge >= 0.3 is 5.97 Å². The van der Waals surface area contributed by atoms with Gasteiger partial charge in [-0.2, -0.15) is 5.10 Å². The predicted molar refractivity (Wildman–Crippen MR) is 118 cm³/mol. The molecule has 8 heteroatoms. The summed E-state index contributed by atoms with van der Waals surface area (Å²) in [5, 5.41) is 4.21. The largest absolute Gasteiger partial charge is 0.494 e. The standard InChI is InChI=1S/C23H21ClN2O5/c1-3-12-30-17-7-4-15(5-8-17)22(27)26-25-14-18-9-11-21(31-18)16-6-10-20(24)19(13-16)23(28)29-2/h4-11,13-14H,3,12H2,1-2H3,(H,26,27)/b25-14-. The normalized spacial score (nSPS) is 10.8. The minimum atomic E-state index is -0.534. The first-order chi connectivity index (χ1) is 15.0. The number of rotatable bonds is 8. The Morgan fingerprint density at radius 3 is 2.61 bits per heavy atom. The quantitative estimate of drug-likeness (QED) is 0.304. The number of nitrogens with one attached hydrogen (secondary N) is 1. The highest BCUT2D eigenvalue weighted by Gasteiger charge is 2.13. The lowest BCUT2D eigenvalue weighted by Crippen LogP contribution is -2.17. The van der Waals surface area contributed by atoms with Crippen LogP contribution in [0.1, 0.15) is 39.8 Å². The number of hydrazone groups is 1. The monoisotopic (exact) mass is 440 g/mol. The Hall–Kier alpha value is -3.58. The molecule has 0 spiro atoms. The molecule has 31 heavy (non-hydrogen) atoms. The van der Waals surface area contributed by atoms with E-state index in [1.54, 1.807) is 54.6 Å². The number of furan rings is 1. The molecule has 3 rings (SSSR count). The van der Waals surface area contributed by atoms with E-state index in [1.165, 1.54) is 13.3 Å². The van der Waals surface area contributed by atoms with Gasteiger partial charge in [-0.3, -0.25) is 4.79 Å². The van der Waals surface area contributed by atoms with E-state index < -0.39 is 5.97 Å². The Morgan fingerprint density at radius 1 is 1.13 bits per heavy atom. The van der Waals surface area contributed by atoms with E-state index >= 15 is 0 Å². The fourth-order valence-corrected chi connectivity index (χ4v) is 2.86. The van der Waals surface area contributed by atoms with Crippen molar-refractivity contribution in [3.05, 3.63) is 76.5 Å². The molecule has 1 N–H and O–H groups in total. The van der Waals surface area contributed by atoms with Crippen molar-refractivity contribution in [3.63, 3.8) is 0 Å². The van der Waals surface area contributed by atoms with Crippen molar-refractivity contribution in [1.82, 2.24) is 5.43 Å². The van der Waals surface area contributed by atoms with Crippen molar-refractivity contribution in [2.24, 2.45) is 5.10 Å². The van der Waals surface area contributed by atoms with Gasteiger partial charge in [0.2, 0.25) is 0 Å². The maximum atomic E-state index is 12.2. The van der Waals surface area contributed by atoms with Gasteiger partial charge in [-0.25, -0.2) is 10.2 Å². The molecule has 3 aromatic rings. The van der Waals surface area contributed by atoms with Gasteiger partial charge in [0.25, 0.3) is 5.91 Å². The summed E-state index contributed by atoms with van der Waals surface area (Å²) < 4.78 is 15.9. The molecule has 0 aliphatic rings. The van der Waals surface area contributed by atoms with E-state index in [4.69, 9.17) is 25.5 Å². The fourth-order valence-electron chi connectivity index (χ4n) is 2.66. The van der Waals surface area contributed by atoms with Crippen LogP contribution in [0, 0.1) is 0 Å². The molecule has 0 aliphatic carbocycles. The molecule has 0 fully saturated rings. The SMILES string of the molecule is CCCOc1ccc(C(=O)N/N=C\c2ccc(-c3ccc(Cl)c(C(=O)OC)c3)o2)cc1. The van der Waals surface area contributed by atoms with Crippen molar-refractivity contribution < 1.29 is 23.5 Å². The van der Waals surface area contributed by atoms with Crippen LogP contribution in [0.25, 0.3) is 11.3 Å². The number of carbonyl (C=O) groups is 2. The van der Waals surface area contributed by atoms with Crippen LogP contribution in [0.4, 0.5) is 0 Å². The fraction of sp³-hybridized carbons (Fsp3) is 0.174. The third kappa shape index (κ3) is 5.73. The molecule has 0 unspecified atom stereocenters. The van der Waals surface area contributed by atoms with Gasteiger partial charge in [0.1, 0.15) is 17.3 Å². The molecule has 2 aromatic carbocycles. The van der Waals surface area contributed by atoms with Gasteiger partial charge in [0.05, 0.1) is 30.5 Å². The van der Waals surface area contributed by atoms with Crippen LogP contribution < -0.4 is 10.2 Å². The van der Waals surface area contributed by atoms with E-state index in [0.29, 0.717) is 35.0 Å². The summed E-state index contributed by atoms with van der Waals surface area (Å²) in [7, 11) is 1.29. The summed E-state index contributed by atoms with van der Waals surface area (Å²) in [6, 6.07) is 15.1. The molecule has 0 saturated carbocycles. The van der Waals surface area contributed by atoms with Crippen LogP contribution >= 0.6 is 11.6 Å². The van der Waals surface area contributed by atoms with E-state index in [1.807, 2.05) is 6.92 Å². The number of benzene rings is 2. The van der Waals surface area contributed by atoms with Gasteiger partial charge in [-0.15, -0.1) is 0 Å². The first-order valence-electron chi connectivity index (χ1n) is 9.56. The van der Waals surface area contributed by atoms with Crippen molar-refractivity contribution >= 4 is 29.7 Å². The topological polar surface area (TPSA) is 90.1 Å². The van der Waals surface area contributed by atoms with Crippen LogP contribution in [-0.2, 0) is 4.74 Å². The highest BCUT2D eigenvalue weighted by molar-refractivity contribution is 6.33. The number of amides is 1. The van der Waals surface area contributed by atoms with Crippen molar-refractivity contribution in [1.29, 1.82) is 0 Å². The summed E-state index contributed by atoms with van der Waals surface area (Å²) in [6.45, 7) is 2.65. The maximum Gasteiger partial charge on any atom is 0.339 e. The number of halogens is 1. The van der Waals surface area contributed by atoms with Gasteiger partial charge < -0.3 is 13.9 Å². The molecule has 0 aliphatic heterocycles. The lowest BCUT2D eigenvalue weighted by atomic mass is 10.1. The highest BCUT2D eigenvalue weighted by Crippen LogP contribution is 2.27. The minimum absolute atomic E-state index is 0.242. The minimum Gasteiger partial charge on any atom is -0.494 e. The molecular formula is C23H21ClN2O5. The average molecular weight is 441 g/mol. The zero-order chi connectivity index (χ0) is 22.2. The lowest BCUT2D eigenvalue weighted by Gasteiger charge is -2.05. The zero-order valence-corrected chi connectivity index (χ0v) is 17.8.